The summed E-state index contributed by atoms with van der Waals surface area (Å²) in [5, 5.41) is 29.8. The average molecular weight is 616 g/mol. The molecule has 1 fully saturated rings. The molecule has 0 radical (unpaired) electrons. The lowest BCUT2D eigenvalue weighted by atomic mass is 10.0. The van der Waals surface area contributed by atoms with E-state index in [-0.39, 0.29) is 28.8 Å². The number of carbonyl (C=O) groups is 3. The summed E-state index contributed by atoms with van der Waals surface area (Å²) < 4.78 is 0.717. The Morgan fingerprint density at radius 3 is 2.89 bits per heavy atom. The quantitative estimate of drug-likeness (QED) is 0.0495. The molecule has 2 aromatic heterocycles. The van der Waals surface area contributed by atoms with Crippen molar-refractivity contribution in [2.75, 3.05) is 29.6 Å². The number of aryl methyl sites for hydroxylation is 1. The highest BCUT2D eigenvalue weighted by Crippen LogP contribution is 2.41. The van der Waals surface area contributed by atoms with Crippen LogP contribution in [0.5, 0.6) is 0 Å². The molecular formula is C19H21N9O5S5. The number of oxime groups is 1. The van der Waals surface area contributed by atoms with Gasteiger partial charge in [0, 0.05) is 22.6 Å². The normalized spacial score (nSPS) is 19.4. The van der Waals surface area contributed by atoms with E-state index in [2.05, 4.69) is 30.8 Å². The van der Waals surface area contributed by atoms with E-state index in [9.17, 15) is 19.5 Å². The Bertz CT molecular complexity index is 1310. The first kappa shape index (κ1) is 28.1. The Labute approximate surface area is 236 Å². The molecule has 38 heavy (non-hydrogen) atoms. The highest BCUT2D eigenvalue weighted by atomic mass is 32.2. The van der Waals surface area contributed by atoms with Crippen molar-refractivity contribution in [1.29, 1.82) is 0 Å². The van der Waals surface area contributed by atoms with Crippen molar-refractivity contribution in [3.8, 4) is 0 Å². The van der Waals surface area contributed by atoms with Crippen LogP contribution in [0.3, 0.4) is 0 Å². The molecule has 1 unspecified atom stereocenters. The van der Waals surface area contributed by atoms with E-state index in [0.29, 0.717) is 22.8 Å². The minimum Gasteiger partial charge on any atom is -0.477 e. The maximum Gasteiger partial charge on any atom is 0.352 e. The molecule has 19 heteroatoms. The third kappa shape index (κ3) is 6.40. The standard InChI is InChI=1S/C19H21N9O5S5/c1-8-25-26-19(38-8)37-5-9-4-35-16-12(15(30)28(16)13(9)17(31)32)24-14(29)11(10-6-36-18(20)23-10)27-33-2-3-34-7-22-21/h6-7,12,16H,2-5,21H2,1H3,(H2,20,23)(H,24,29)(H,31,32)/t12?,16-/m1/s1. The number of carbonyl (C=O) groups excluding carboxylic acids is 2. The number of nitrogens with two attached hydrogens (primary N) is 2. The number of nitrogen functional groups attached to an aromatic ring is 1. The van der Waals surface area contributed by atoms with Gasteiger partial charge in [-0.15, -0.1) is 45.1 Å². The van der Waals surface area contributed by atoms with Gasteiger partial charge in [0.25, 0.3) is 11.8 Å². The molecule has 0 spiro atoms. The van der Waals surface area contributed by atoms with Crippen molar-refractivity contribution in [2.45, 2.75) is 22.7 Å². The van der Waals surface area contributed by atoms with E-state index in [1.807, 2.05) is 6.92 Å². The first-order valence-electron chi connectivity index (χ1n) is 10.7. The SMILES string of the molecule is Cc1nnc(SCC2=C(C(=O)O)N3C(=O)C(NC(=O)C(=NOCCSC=NN)c4csc(N)n4)[C@H]3SC2)s1. The molecule has 2 aliphatic heterocycles. The number of aliphatic carboxylic acids is 1. The van der Waals surface area contributed by atoms with Crippen LogP contribution in [0.4, 0.5) is 5.13 Å². The first-order valence-corrected chi connectivity index (χ1v) is 15.5. The van der Waals surface area contributed by atoms with Crippen LogP contribution in [0.1, 0.15) is 10.7 Å². The second kappa shape index (κ2) is 12.8. The lowest BCUT2D eigenvalue weighted by Gasteiger charge is -2.49. The predicted molar refractivity (Wildman–Crippen MR) is 149 cm³/mol. The molecule has 6 N–H and O–H groups in total. The zero-order valence-corrected chi connectivity index (χ0v) is 23.7. The van der Waals surface area contributed by atoms with Crippen LogP contribution in [-0.2, 0) is 19.2 Å². The van der Waals surface area contributed by atoms with E-state index >= 15 is 0 Å². The van der Waals surface area contributed by atoms with Gasteiger partial charge >= 0.3 is 5.97 Å². The predicted octanol–water partition coefficient (Wildman–Crippen LogP) is 0.772. The molecule has 2 amide bonds. The molecule has 4 heterocycles. The molecule has 2 aliphatic rings. The van der Waals surface area contributed by atoms with Gasteiger partial charge in [-0.1, -0.05) is 28.3 Å². The van der Waals surface area contributed by atoms with Crippen LogP contribution in [0, 0.1) is 6.92 Å². The summed E-state index contributed by atoms with van der Waals surface area (Å²) in [4.78, 5) is 48.8. The molecule has 202 valence electrons. The molecule has 0 bridgehead atoms. The maximum atomic E-state index is 13.1. The molecule has 2 aromatic rings. The van der Waals surface area contributed by atoms with Gasteiger partial charge < -0.3 is 26.8 Å². The van der Waals surface area contributed by atoms with Gasteiger partial charge in [0.05, 0.1) is 5.55 Å². The van der Waals surface area contributed by atoms with E-state index in [0.717, 1.165) is 20.7 Å². The van der Waals surface area contributed by atoms with Crippen molar-refractivity contribution >= 4 is 92.1 Å². The number of hydrogen-bond donors (Lipinski definition) is 4. The number of nitrogens with one attached hydrogen (secondary N) is 1. The van der Waals surface area contributed by atoms with Crippen LogP contribution < -0.4 is 16.9 Å². The molecule has 0 aliphatic carbocycles. The van der Waals surface area contributed by atoms with Crippen LogP contribution in [0.2, 0.25) is 0 Å². The summed E-state index contributed by atoms with van der Waals surface area (Å²) in [6.45, 7) is 1.99. The summed E-state index contributed by atoms with van der Waals surface area (Å²) >= 11 is 6.57. The summed E-state index contributed by atoms with van der Waals surface area (Å²) in [5.74, 6) is 3.82. The highest BCUT2D eigenvalue weighted by Gasteiger charge is 2.54. The number of thiazole rings is 1. The van der Waals surface area contributed by atoms with Crippen LogP contribution in [0.25, 0.3) is 0 Å². The minimum absolute atomic E-state index is 0.0685. The lowest BCUT2D eigenvalue weighted by molar-refractivity contribution is -0.150. The zero-order valence-electron chi connectivity index (χ0n) is 19.6. The molecule has 14 nitrogen and oxygen atoms in total. The van der Waals surface area contributed by atoms with Gasteiger partial charge in [-0.2, -0.15) is 5.10 Å². The number of aromatic nitrogens is 3. The number of hydrogen-bond acceptors (Lipinski definition) is 16. The number of carboxylic acid groups (broad SMARTS) is 1. The number of fused-ring (bicyclic) bond motifs is 1. The largest absolute Gasteiger partial charge is 0.477 e. The molecule has 4 rings (SSSR count). The lowest BCUT2D eigenvalue weighted by Crippen LogP contribution is -2.71. The topological polar surface area (TPSA) is 211 Å². The van der Waals surface area contributed by atoms with Gasteiger partial charge in [0.1, 0.15) is 34.4 Å². The number of β-lactam (4-membered cyclic amide) rings is 1. The van der Waals surface area contributed by atoms with Gasteiger partial charge in [-0.25, -0.2) is 9.78 Å². The Kier molecular flexibility index (Phi) is 9.47. The van der Waals surface area contributed by atoms with Crippen LogP contribution in [0.15, 0.2) is 31.2 Å². The minimum atomic E-state index is -1.20. The van der Waals surface area contributed by atoms with Crippen molar-refractivity contribution in [3.05, 3.63) is 27.4 Å². The molecule has 1 saturated heterocycles. The number of carboxylic acids is 1. The monoisotopic (exact) mass is 615 g/mol. The molecular weight excluding hydrogens is 595 g/mol. The Morgan fingerprint density at radius 2 is 2.24 bits per heavy atom. The number of anilines is 1. The number of rotatable bonds is 12. The number of hydrazone groups is 1. The van der Waals surface area contributed by atoms with Gasteiger partial charge in [0.15, 0.2) is 15.2 Å². The summed E-state index contributed by atoms with van der Waals surface area (Å²) in [7, 11) is 0. The fourth-order valence-electron chi connectivity index (χ4n) is 3.38. The van der Waals surface area contributed by atoms with Gasteiger partial charge in [-0.05, 0) is 12.5 Å². The third-order valence-electron chi connectivity index (χ3n) is 4.98. The maximum absolute atomic E-state index is 13.1. The Morgan fingerprint density at radius 1 is 1.42 bits per heavy atom. The van der Waals surface area contributed by atoms with E-state index in [1.54, 1.807) is 5.38 Å². The number of nitrogens with zero attached hydrogens (tertiary/aromatic N) is 6. The Hall–Kier alpha value is -2.87. The summed E-state index contributed by atoms with van der Waals surface area (Å²) in [5.41, 5.74) is 7.72. The van der Waals surface area contributed by atoms with Crippen molar-refractivity contribution < 1.29 is 24.3 Å². The van der Waals surface area contributed by atoms with Crippen LogP contribution in [-0.4, -0.2) is 89.5 Å². The average Bonchev–Trinajstić information content (AvgIpc) is 3.52. The van der Waals surface area contributed by atoms with Gasteiger partial charge in [-0.3, -0.25) is 14.5 Å². The first-order chi connectivity index (χ1) is 18.3. The summed E-state index contributed by atoms with van der Waals surface area (Å²) in [6.07, 6.45) is 0. The smallest absolute Gasteiger partial charge is 0.352 e. The van der Waals surface area contributed by atoms with Crippen LogP contribution >= 0.6 is 58.0 Å². The number of amides is 2. The van der Waals surface area contributed by atoms with Crippen molar-refractivity contribution in [2.24, 2.45) is 16.1 Å². The molecule has 2 atom stereocenters. The second-order valence-corrected chi connectivity index (χ2v) is 12.8. The van der Waals surface area contributed by atoms with Crippen molar-refractivity contribution in [1.82, 2.24) is 25.4 Å². The summed E-state index contributed by atoms with van der Waals surface area (Å²) in [6, 6.07) is -0.945. The van der Waals surface area contributed by atoms with Gasteiger partial charge in [0.2, 0.25) is 0 Å². The third-order valence-corrected chi connectivity index (χ3v) is 9.72. The second-order valence-electron chi connectivity index (χ2n) is 7.46. The van der Waals surface area contributed by atoms with E-state index in [4.69, 9.17) is 16.4 Å². The molecule has 0 saturated carbocycles. The van der Waals surface area contributed by atoms with E-state index in [1.165, 1.54) is 57.1 Å². The highest BCUT2D eigenvalue weighted by molar-refractivity contribution is 8.12. The molecule has 0 aromatic carbocycles. The fraction of sp³-hybridized carbons (Fsp3) is 0.368. The van der Waals surface area contributed by atoms with Crippen molar-refractivity contribution in [3.63, 3.8) is 0 Å². The zero-order chi connectivity index (χ0) is 27.2. The van der Waals surface area contributed by atoms with E-state index < -0.39 is 29.2 Å². The fourth-order valence-corrected chi connectivity index (χ4v) is 7.59. The Balaban J connectivity index is 1.45. The number of thioether (sulfide) groups is 3.